The third-order valence-electron chi connectivity index (χ3n) is 8.11. The van der Waals surface area contributed by atoms with Gasteiger partial charge in [-0.2, -0.15) is 0 Å². The van der Waals surface area contributed by atoms with Gasteiger partial charge in [0.2, 0.25) is 0 Å². The number of carbonyl (C=O) groups excluding carboxylic acids is 1. The maximum absolute atomic E-state index is 13.2. The number of rotatable bonds is 11. The molecule has 0 aromatic heterocycles. The van der Waals surface area contributed by atoms with Crippen molar-refractivity contribution in [2.45, 2.75) is 105 Å². The Morgan fingerprint density at radius 3 is 2.15 bits per heavy atom. The van der Waals surface area contributed by atoms with E-state index in [0.29, 0.717) is 11.3 Å². The van der Waals surface area contributed by atoms with Crippen LogP contribution < -0.4 is 9.64 Å². The molecule has 1 atom stereocenters. The summed E-state index contributed by atoms with van der Waals surface area (Å²) in [5.74, 6) is 0.269. The summed E-state index contributed by atoms with van der Waals surface area (Å²) in [6.07, 6.45) is 13.6. The predicted octanol–water partition coefficient (Wildman–Crippen LogP) is 9.91. The number of aryl methyl sites for hydroxylation is 1. The van der Waals surface area contributed by atoms with Crippen molar-refractivity contribution in [1.29, 1.82) is 0 Å². The van der Waals surface area contributed by atoms with E-state index >= 15 is 0 Å². The number of carbonyl (C=O) groups is 2. The predicted molar refractivity (Wildman–Crippen MR) is 169 cm³/mol. The zero-order valence-corrected chi connectivity index (χ0v) is 26.0. The molecule has 5 heteroatoms. The lowest BCUT2D eigenvalue weighted by Crippen LogP contribution is -2.38. The first-order chi connectivity index (χ1) is 19.4. The Morgan fingerprint density at radius 1 is 0.927 bits per heavy atom. The summed E-state index contributed by atoms with van der Waals surface area (Å²) < 4.78 is 6.63. The van der Waals surface area contributed by atoms with Crippen molar-refractivity contribution in [1.82, 2.24) is 0 Å². The topological polar surface area (TPSA) is 66.8 Å². The Balaban J connectivity index is 1.66. The Morgan fingerprint density at radius 2 is 1.54 bits per heavy atom. The number of imide groups is 1. The zero-order chi connectivity index (χ0) is 30.2. The molecule has 2 amide bonds. The van der Waals surface area contributed by atoms with Crippen LogP contribution in [0.25, 0.3) is 0 Å². The van der Waals surface area contributed by atoms with Gasteiger partial charge in [0.15, 0.2) is 0 Å². The van der Waals surface area contributed by atoms with Gasteiger partial charge in [-0.25, -0.2) is 9.69 Å². The smallest absolute Gasteiger partial charge is 0.419 e. The lowest BCUT2D eigenvalue weighted by Gasteiger charge is -2.38. The van der Waals surface area contributed by atoms with E-state index in [1.807, 2.05) is 19.9 Å². The van der Waals surface area contributed by atoms with Crippen LogP contribution in [0.1, 0.15) is 107 Å². The molecular formula is C36H47NO4. The average molecular weight is 558 g/mol. The average Bonchev–Trinajstić information content (AvgIpc) is 2.92. The molecule has 3 rings (SSSR count). The minimum absolute atomic E-state index is 0.295. The van der Waals surface area contributed by atoms with E-state index in [2.05, 4.69) is 52.8 Å². The van der Waals surface area contributed by atoms with E-state index in [-0.39, 0.29) is 5.60 Å². The fourth-order valence-electron chi connectivity index (χ4n) is 5.35. The maximum atomic E-state index is 13.2. The molecule has 0 saturated heterocycles. The van der Waals surface area contributed by atoms with Crippen molar-refractivity contribution in [3.05, 3.63) is 93.6 Å². The normalized spacial score (nSPS) is 17.0. The second-order valence-corrected chi connectivity index (χ2v) is 12.0. The molecular weight excluding hydrogens is 510 g/mol. The molecule has 5 nitrogen and oxygen atoms in total. The first kappa shape index (κ1) is 31.9. The first-order valence-corrected chi connectivity index (χ1v) is 14.8. The molecule has 0 saturated carbocycles. The Hall–Kier alpha value is -3.60. The number of amides is 2. The molecule has 1 N–H and O–H groups in total. The fourth-order valence-corrected chi connectivity index (χ4v) is 5.35. The second-order valence-electron chi connectivity index (χ2n) is 12.0. The summed E-state index contributed by atoms with van der Waals surface area (Å²) in [6.45, 7) is 14.7. The molecule has 41 heavy (non-hydrogen) atoms. The quantitative estimate of drug-likeness (QED) is 0.279. The van der Waals surface area contributed by atoms with E-state index < -0.39 is 12.0 Å². The minimum Gasteiger partial charge on any atom is -0.487 e. The van der Waals surface area contributed by atoms with Crippen LogP contribution >= 0.6 is 0 Å². The molecule has 0 unspecified atom stereocenters. The highest BCUT2D eigenvalue weighted by atomic mass is 16.5. The van der Waals surface area contributed by atoms with Gasteiger partial charge in [-0.05, 0) is 135 Å². The standard InChI is InChI=1S/C36H47NO4/c1-25(2)14-11-15-26(3)16-12-17-27(4)18-13-22-36(7)23-21-31-24-32(28(5)29(6)33(31)41-36)37(35(39)40)34(38)30-19-9-8-10-20-30/h8-10,14,16,18-20,24H,11-13,15,17,21-23H2,1-7H3,(H,39,40)/b26-16+,27-18+/t36-/m1/s1. The third kappa shape index (κ3) is 8.69. The van der Waals surface area contributed by atoms with Gasteiger partial charge in [0.25, 0.3) is 5.91 Å². The molecule has 1 heterocycles. The van der Waals surface area contributed by atoms with E-state index in [1.54, 1.807) is 30.3 Å². The van der Waals surface area contributed by atoms with Crippen molar-refractivity contribution < 1.29 is 19.4 Å². The van der Waals surface area contributed by atoms with Gasteiger partial charge >= 0.3 is 6.09 Å². The molecule has 1 aliphatic rings. The fraction of sp³-hybridized carbons (Fsp3) is 0.444. The van der Waals surface area contributed by atoms with Crippen LogP contribution in [0.3, 0.4) is 0 Å². The van der Waals surface area contributed by atoms with Crippen LogP contribution in [-0.2, 0) is 6.42 Å². The maximum Gasteiger partial charge on any atom is 0.419 e. The zero-order valence-electron chi connectivity index (χ0n) is 26.0. The number of fused-ring (bicyclic) bond motifs is 1. The summed E-state index contributed by atoms with van der Waals surface area (Å²) in [6, 6.07) is 10.4. The largest absolute Gasteiger partial charge is 0.487 e. The van der Waals surface area contributed by atoms with Crippen molar-refractivity contribution in [3.8, 4) is 5.75 Å². The molecule has 0 fully saturated rings. The highest BCUT2D eigenvalue weighted by molar-refractivity contribution is 6.19. The van der Waals surface area contributed by atoms with E-state index in [0.717, 1.165) is 78.7 Å². The number of nitrogens with zero attached hydrogens (tertiary/aromatic N) is 1. The lowest BCUT2D eigenvalue weighted by atomic mass is 9.86. The van der Waals surface area contributed by atoms with Crippen molar-refractivity contribution in [3.63, 3.8) is 0 Å². The monoisotopic (exact) mass is 557 g/mol. The van der Waals surface area contributed by atoms with Crippen LogP contribution in [0.2, 0.25) is 0 Å². The Bertz CT molecular complexity index is 1330. The van der Waals surface area contributed by atoms with Gasteiger partial charge in [0.1, 0.15) is 11.4 Å². The van der Waals surface area contributed by atoms with Crippen LogP contribution in [0.5, 0.6) is 5.75 Å². The lowest BCUT2D eigenvalue weighted by molar-refractivity contribution is 0.0562. The van der Waals surface area contributed by atoms with Gasteiger partial charge < -0.3 is 9.84 Å². The number of benzene rings is 2. The Labute approximate surface area is 246 Å². The number of anilines is 1. The number of hydrogen-bond donors (Lipinski definition) is 1. The van der Waals surface area contributed by atoms with Gasteiger partial charge in [-0.1, -0.05) is 53.1 Å². The van der Waals surface area contributed by atoms with E-state index in [1.165, 1.54) is 16.7 Å². The molecule has 2 aromatic carbocycles. The van der Waals surface area contributed by atoms with Crippen molar-refractivity contribution >= 4 is 17.7 Å². The number of ether oxygens (including phenoxy) is 1. The summed E-state index contributed by atoms with van der Waals surface area (Å²) in [5, 5.41) is 10.00. The number of carboxylic acid groups (broad SMARTS) is 1. The molecule has 2 aromatic rings. The van der Waals surface area contributed by atoms with Gasteiger partial charge in [0, 0.05) is 5.56 Å². The van der Waals surface area contributed by atoms with Crippen molar-refractivity contribution in [2.75, 3.05) is 4.90 Å². The molecule has 0 bridgehead atoms. The van der Waals surface area contributed by atoms with E-state index in [4.69, 9.17) is 4.74 Å². The number of allylic oxidation sites excluding steroid dienone is 6. The van der Waals surface area contributed by atoms with Crippen LogP contribution in [-0.4, -0.2) is 22.7 Å². The molecule has 220 valence electrons. The highest BCUT2D eigenvalue weighted by Gasteiger charge is 2.35. The summed E-state index contributed by atoms with van der Waals surface area (Å²) >= 11 is 0. The van der Waals surface area contributed by atoms with Crippen LogP contribution in [0.4, 0.5) is 10.5 Å². The van der Waals surface area contributed by atoms with Crippen molar-refractivity contribution in [2.24, 2.45) is 0 Å². The minimum atomic E-state index is -1.29. The first-order valence-electron chi connectivity index (χ1n) is 14.8. The Kier molecular flexibility index (Phi) is 11.2. The van der Waals surface area contributed by atoms with Crippen LogP contribution in [0.15, 0.2) is 71.3 Å². The van der Waals surface area contributed by atoms with Gasteiger partial charge in [-0.3, -0.25) is 4.79 Å². The second kappa shape index (κ2) is 14.3. The molecule has 1 aliphatic heterocycles. The summed E-state index contributed by atoms with van der Waals surface area (Å²) in [7, 11) is 0. The summed E-state index contributed by atoms with van der Waals surface area (Å²) in [4.78, 5) is 26.3. The van der Waals surface area contributed by atoms with Crippen LogP contribution in [0, 0.1) is 13.8 Å². The van der Waals surface area contributed by atoms with Gasteiger partial charge in [0.05, 0.1) is 5.69 Å². The molecule has 0 aliphatic carbocycles. The SMILES string of the molecule is CC(C)=CCC/C(C)=C/CC/C(C)=C/CC[C@]1(C)CCc2cc(N(C(=O)O)C(=O)c3ccccc3)c(C)c(C)c2O1. The van der Waals surface area contributed by atoms with E-state index in [9.17, 15) is 14.7 Å². The summed E-state index contributed by atoms with van der Waals surface area (Å²) in [5.41, 5.74) is 7.26. The molecule has 0 spiro atoms. The molecule has 0 radical (unpaired) electrons. The third-order valence-corrected chi connectivity index (χ3v) is 8.11. The van der Waals surface area contributed by atoms with Gasteiger partial charge in [-0.15, -0.1) is 0 Å². The number of hydrogen-bond acceptors (Lipinski definition) is 3. The highest BCUT2D eigenvalue weighted by Crippen LogP contribution is 2.42.